The Morgan fingerprint density at radius 1 is 1.35 bits per heavy atom. The molecule has 0 radical (unpaired) electrons. The maximum atomic E-state index is 12.6. The molecule has 2 atom stereocenters. The van der Waals surface area contributed by atoms with Gasteiger partial charge in [-0.15, -0.1) is 0 Å². The van der Waals surface area contributed by atoms with E-state index in [1.165, 1.54) is 0 Å². The van der Waals surface area contributed by atoms with Crippen LogP contribution in [0.15, 0.2) is 12.1 Å². The average molecular weight is 329 g/mol. The van der Waals surface area contributed by atoms with Gasteiger partial charge in [0, 0.05) is 12.6 Å². The van der Waals surface area contributed by atoms with Crippen LogP contribution < -0.4 is 0 Å². The summed E-state index contributed by atoms with van der Waals surface area (Å²) in [6, 6.07) is 2.19. The number of aromatic nitrogens is 1. The zero-order chi connectivity index (χ0) is 14.9. The molecule has 1 saturated heterocycles. The van der Waals surface area contributed by atoms with E-state index >= 15 is 0 Å². The van der Waals surface area contributed by atoms with E-state index in [9.17, 15) is 18.3 Å². The van der Waals surface area contributed by atoms with Crippen LogP contribution in [0.1, 0.15) is 18.4 Å². The topological polar surface area (TPSA) is 36.4 Å². The van der Waals surface area contributed by atoms with Crippen LogP contribution in [0.4, 0.5) is 13.2 Å². The van der Waals surface area contributed by atoms with E-state index in [1.807, 2.05) is 0 Å². The van der Waals surface area contributed by atoms with E-state index in [4.69, 9.17) is 23.2 Å². The lowest BCUT2D eigenvalue weighted by atomic mass is 10.1. The molecule has 20 heavy (non-hydrogen) atoms. The maximum Gasteiger partial charge on any atom is 0.415 e. The third-order valence-electron chi connectivity index (χ3n) is 3.32. The fourth-order valence-electron chi connectivity index (χ4n) is 2.46. The third kappa shape index (κ3) is 3.75. The Labute approximate surface area is 124 Å². The van der Waals surface area contributed by atoms with Gasteiger partial charge in [-0.3, -0.25) is 4.90 Å². The number of likely N-dealkylation sites (tertiary alicyclic amines) is 1. The van der Waals surface area contributed by atoms with Crippen molar-refractivity contribution in [2.24, 2.45) is 0 Å². The highest BCUT2D eigenvalue weighted by Crippen LogP contribution is 2.31. The largest absolute Gasteiger partial charge is 0.415 e. The van der Waals surface area contributed by atoms with Crippen molar-refractivity contribution in [2.45, 2.75) is 37.7 Å². The molecule has 1 N–H and O–H groups in total. The number of aliphatic hydroxyl groups is 1. The molecule has 3 nitrogen and oxygen atoms in total. The van der Waals surface area contributed by atoms with Crippen LogP contribution in [0, 0.1) is 0 Å². The standard InChI is InChI=1S/C12H13Cl2F3N2O/c13-9-4-7(5-10(14)18-9)6-19-3-1-2-8(19)11(20)12(15,16)17/h4-5,8,11,20H,1-3,6H2/t8-,11+/m0/s1. The number of hydrogen-bond acceptors (Lipinski definition) is 3. The summed E-state index contributed by atoms with van der Waals surface area (Å²) >= 11 is 11.5. The monoisotopic (exact) mass is 328 g/mol. The molecule has 0 bridgehead atoms. The normalized spacial score (nSPS) is 22.2. The summed E-state index contributed by atoms with van der Waals surface area (Å²) in [5.41, 5.74) is 0.677. The SMILES string of the molecule is O[C@H]([C@@H]1CCCN1Cc1cc(Cl)nc(Cl)c1)C(F)(F)F. The maximum absolute atomic E-state index is 12.6. The summed E-state index contributed by atoms with van der Waals surface area (Å²) in [7, 11) is 0. The van der Waals surface area contributed by atoms with E-state index in [-0.39, 0.29) is 16.9 Å². The predicted octanol–water partition coefficient (Wildman–Crippen LogP) is 3.28. The van der Waals surface area contributed by atoms with Gasteiger partial charge in [0.05, 0.1) is 0 Å². The van der Waals surface area contributed by atoms with E-state index in [1.54, 1.807) is 17.0 Å². The zero-order valence-corrected chi connectivity index (χ0v) is 11.9. The molecule has 8 heteroatoms. The summed E-state index contributed by atoms with van der Waals surface area (Å²) in [6.07, 6.45) is -6.02. The fraction of sp³-hybridized carbons (Fsp3) is 0.583. The first kappa shape index (κ1) is 15.8. The number of rotatable bonds is 3. The Balaban J connectivity index is 2.11. The second-order valence-corrected chi connectivity index (χ2v) is 5.56. The Bertz CT molecular complexity index is 464. The first-order valence-corrected chi connectivity index (χ1v) is 6.84. The molecule has 0 unspecified atom stereocenters. The smallest absolute Gasteiger partial charge is 0.382 e. The van der Waals surface area contributed by atoms with Gasteiger partial charge in [-0.2, -0.15) is 13.2 Å². The number of alkyl halides is 3. The first-order valence-electron chi connectivity index (χ1n) is 6.08. The Kier molecular flexibility index (Phi) is 4.79. The number of nitrogens with zero attached hydrogens (tertiary/aromatic N) is 2. The molecule has 0 spiro atoms. The van der Waals surface area contributed by atoms with Crippen LogP contribution in [-0.4, -0.2) is 39.9 Å². The van der Waals surface area contributed by atoms with Gasteiger partial charge in [0.25, 0.3) is 0 Å². The minimum atomic E-state index is -4.61. The van der Waals surface area contributed by atoms with Crippen LogP contribution >= 0.6 is 23.2 Å². The number of hydrogen-bond donors (Lipinski definition) is 1. The van der Waals surface area contributed by atoms with Gasteiger partial charge in [-0.05, 0) is 37.1 Å². The van der Waals surface area contributed by atoms with Crippen molar-refractivity contribution in [3.63, 3.8) is 0 Å². The predicted molar refractivity (Wildman–Crippen MR) is 69.8 cm³/mol. The summed E-state index contributed by atoms with van der Waals surface area (Å²) in [5, 5.41) is 9.80. The van der Waals surface area contributed by atoms with Crippen molar-refractivity contribution in [2.75, 3.05) is 6.54 Å². The van der Waals surface area contributed by atoms with Gasteiger partial charge >= 0.3 is 6.18 Å². The van der Waals surface area contributed by atoms with Gasteiger partial charge < -0.3 is 5.11 Å². The number of pyridine rings is 1. The fourth-order valence-corrected chi connectivity index (χ4v) is 2.97. The molecule has 1 aliphatic heterocycles. The zero-order valence-electron chi connectivity index (χ0n) is 10.4. The van der Waals surface area contributed by atoms with E-state index in [0.717, 1.165) is 0 Å². The molecule has 0 saturated carbocycles. The average Bonchev–Trinajstić information content (AvgIpc) is 2.73. The van der Waals surface area contributed by atoms with Gasteiger partial charge in [-0.1, -0.05) is 23.2 Å². The Morgan fingerprint density at radius 2 is 1.95 bits per heavy atom. The highest BCUT2D eigenvalue weighted by Gasteiger charge is 2.46. The van der Waals surface area contributed by atoms with Crippen LogP contribution in [0.25, 0.3) is 0 Å². The van der Waals surface area contributed by atoms with Gasteiger partial charge in [0.15, 0.2) is 6.10 Å². The van der Waals surface area contributed by atoms with Gasteiger partial charge in [-0.25, -0.2) is 4.98 Å². The lowest BCUT2D eigenvalue weighted by Crippen LogP contribution is -2.46. The molecule has 1 aromatic heterocycles. The molecule has 0 amide bonds. The van der Waals surface area contributed by atoms with E-state index in [0.29, 0.717) is 24.9 Å². The molecule has 0 aromatic carbocycles. The molecule has 0 aliphatic carbocycles. The molecule has 112 valence electrons. The van der Waals surface area contributed by atoms with Crippen molar-refractivity contribution in [3.05, 3.63) is 28.0 Å². The van der Waals surface area contributed by atoms with Crippen molar-refractivity contribution in [1.82, 2.24) is 9.88 Å². The minimum absolute atomic E-state index is 0.194. The van der Waals surface area contributed by atoms with Crippen molar-refractivity contribution >= 4 is 23.2 Å². The van der Waals surface area contributed by atoms with E-state index in [2.05, 4.69) is 4.98 Å². The Hall–Kier alpha value is -0.560. The van der Waals surface area contributed by atoms with Gasteiger partial charge in [0.1, 0.15) is 10.3 Å². The molecule has 2 rings (SSSR count). The molecular weight excluding hydrogens is 316 g/mol. The van der Waals surface area contributed by atoms with Crippen LogP contribution in [0.5, 0.6) is 0 Å². The number of halogens is 5. The van der Waals surface area contributed by atoms with Crippen LogP contribution in [0.2, 0.25) is 10.3 Å². The van der Waals surface area contributed by atoms with Crippen molar-refractivity contribution in [1.29, 1.82) is 0 Å². The molecular formula is C12H13Cl2F3N2O. The first-order chi connectivity index (χ1) is 9.27. The summed E-state index contributed by atoms with van der Waals surface area (Å²) in [4.78, 5) is 5.38. The molecule has 1 aromatic rings. The lowest BCUT2D eigenvalue weighted by molar-refractivity contribution is -0.219. The summed E-state index contributed by atoms with van der Waals surface area (Å²) < 4.78 is 37.8. The van der Waals surface area contributed by atoms with Gasteiger partial charge in [0.2, 0.25) is 0 Å². The van der Waals surface area contributed by atoms with E-state index < -0.39 is 18.3 Å². The summed E-state index contributed by atoms with van der Waals surface area (Å²) in [5.74, 6) is 0. The Morgan fingerprint density at radius 3 is 2.50 bits per heavy atom. The highest BCUT2D eigenvalue weighted by molar-refractivity contribution is 6.32. The summed E-state index contributed by atoms with van der Waals surface area (Å²) in [6.45, 7) is 0.745. The number of aliphatic hydroxyl groups excluding tert-OH is 1. The molecule has 1 aliphatic rings. The van der Waals surface area contributed by atoms with Crippen LogP contribution in [0.3, 0.4) is 0 Å². The molecule has 2 heterocycles. The van der Waals surface area contributed by atoms with Crippen molar-refractivity contribution < 1.29 is 18.3 Å². The quantitative estimate of drug-likeness (QED) is 0.865. The molecule has 1 fully saturated rings. The lowest BCUT2D eigenvalue weighted by Gasteiger charge is -2.29. The second kappa shape index (κ2) is 6.05. The second-order valence-electron chi connectivity index (χ2n) is 4.79. The third-order valence-corrected chi connectivity index (χ3v) is 3.71. The minimum Gasteiger partial charge on any atom is -0.382 e. The van der Waals surface area contributed by atoms with Crippen molar-refractivity contribution in [3.8, 4) is 0 Å². The highest BCUT2D eigenvalue weighted by atomic mass is 35.5. The van der Waals surface area contributed by atoms with Crippen LogP contribution in [-0.2, 0) is 6.54 Å².